The number of rotatable bonds is 7. The largest absolute Gasteiger partial charge is 0.354 e. The Morgan fingerprint density at radius 2 is 1.79 bits per heavy atom. The van der Waals surface area contributed by atoms with Gasteiger partial charge in [-0.1, -0.05) is 23.7 Å². The van der Waals surface area contributed by atoms with Crippen LogP contribution in [0.5, 0.6) is 0 Å². The molecule has 0 amide bonds. The molecule has 3 rings (SSSR count). The van der Waals surface area contributed by atoms with Gasteiger partial charge in [0, 0.05) is 31.5 Å². The van der Waals surface area contributed by atoms with E-state index in [1.54, 1.807) is 12.1 Å². The molecule has 0 spiro atoms. The number of hydrazone groups is 1. The molecule has 28 heavy (non-hydrogen) atoms. The van der Waals surface area contributed by atoms with Crippen LogP contribution in [-0.2, 0) is 9.84 Å². The van der Waals surface area contributed by atoms with Gasteiger partial charge in [0.1, 0.15) is 0 Å². The first-order valence-corrected chi connectivity index (χ1v) is 10.8. The number of hydrogen-bond donors (Lipinski definition) is 3. The number of anilines is 1. The van der Waals surface area contributed by atoms with Crippen LogP contribution in [0.4, 0.5) is 5.69 Å². The summed E-state index contributed by atoms with van der Waals surface area (Å²) in [5.41, 5.74) is 2.77. The topological polar surface area (TPSA) is 102 Å². The molecule has 0 saturated carbocycles. The third kappa shape index (κ3) is 5.30. The molecule has 0 bridgehead atoms. The first kappa shape index (κ1) is 20.8. The summed E-state index contributed by atoms with van der Waals surface area (Å²) >= 11 is 5.92. The number of aliphatic hydroxyl groups is 2. The van der Waals surface area contributed by atoms with Crippen LogP contribution in [0.1, 0.15) is 18.9 Å². The first-order valence-electron chi connectivity index (χ1n) is 8.78. The summed E-state index contributed by atoms with van der Waals surface area (Å²) in [4.78, 5) is 0.178. The molecule has 0 radical (unpaired) electrons. The van der Waals surface area contributed by atoms with Gasteiger partial charge in [-0.05, 0) is 42.0 Å². The lowest BCUT2D eigenvalue weighted by atomic mass is 10.1. The van der Waals surface area contributed by atoms with Gasteiger partial charge in [0.2, 0.25) is 5.91 Å². The van der Waals surface area contributed by atoms with Crippen LogP contribution in [0.15, 0.2) is 58.5 Å². The summed E-state index contributed by atoms with van der Waals surface area (Å²) in [6.07, 6.45) is 0.786. The fourth-order valence-corrected chi connectivity index (χ4v) is 4.14. The van der Waals surface area contributed by atoms with Crippen LogP contribution in [0, 0.1) is 0 Å². The molecule has 150 valence electrons. The second-order valence-corrected chi connectivity index (χ2v) is 9.23. The van der Waals surface area contributed by atoms with Crippen molar-refractivity contribution in [2.45, 2.75) is 24.2 Å². The maximum Gasteiger partial charge on any atom is 0.219 e. The van der Waals surface area contributed by atoms with E-state index in [4.69, 9.17) is 11.6 Å². The van der Waals surface area contributed by atoms with Gasteiger partial charge < -0.3 is 10.2 Å². The highest BCUT2D eigenvalue weighted by molar-refractivity contribution is 7.91. The Kier molecular flexibility index (Phi) is 6.07. The van der Waals surface area contributed by atoms with E-state index < -0.39 is 15.7 Å². The lowest BCUT2D eigenvalue weighted by Gasteiger charge is -2.17. The van der Waals surface area contributed by atoms with E-state index in [2.05, 4.69) is 10.4 Å². The molecule has 0 aliphatic carbocycles. The normalized spacial score (nSPS) is 15.0. The zero-order valence-corrected chi connectivity index (χ0v) is 16.9. The fraction of sp³-hybridized carbons (Fsp3) is 0.316. The highest BCUT2D eigenvalue weighted by Gasteiger charge is 2.20. The van der Waals surface area contributed by atoms with Crippen LogP contribution < -0.4 is 10.3 Å². The summed E-state index contributed by atoms with van der Waals surface area (Å²) in [6.45, 7) is 1.76. The molecule has 9 heteroatoms. The number of benzene rings is 2. The lowest BCUT2D eigenvalue weighted by Crippen LogP contribution is -2.43. The molecule has 0 unspecified atom stereocenters. The zero-order chi connectivity index (χ0) is 20.4. The molecule has 0 saturated heterocycles. The van der Waals surface area contributed by atoms with Crippen molar-refractivity contribution in [3.63, 3.8) is 0 Å². The van der Waals surface area contributed by atoms with Crippen molar-refractivity contribution in [1.82, 2.24) is 5.32 Å². The van der Waals surface area contributed by atoms with Crippen molar-refractivity contribution in [1.29, 1.82) is 0 Å². The summed E-state index contributed by atoms with van der Waals surface area (Å²) in [7, 11) is -3.53. The third-order valence-corrected chi connectivity index (χ3v) is 6.29. The Balaban J connectivity index is 1.68. The fourth-order valence-electron chi connectivity index (χ4n) is 2.85. The minimum Gasteiger partial charge on any atom is -0.354 e. The molecule has 1 heterocycles. The minimum absolute atomic E-state index is 0.0749. The standard InChI is InChI=1S/C19H22ClN3O4S/c1-19(24,25)21-11-13-28(26,27)17-8-6-16(7-9-17)23-12-10-18(22-23)14-2-4-15(20)5-3-14/h2-9,21,24-25H,10-13H2,1H3. The van der Waals surface area contributed by atoms with Crippen molar-refractivity contribution >= 4 is 32.8 Å². The van der Waals surface area contributed by atoms with Gasteiger partial charge in [0.05, 0.1) is 22.0 Å². The minimum atomic E-state index is -3.53. The van der Waals surface area contributed by atoms with E-state index in [9.17, 15) is 18.6 Å². The monoisotopic (exact) mass is 423 g/mol. The Labute approximate surface area is 169 Å². The van der Waals surface area contributed by atoms with Gasteiger partial charge in [-0.3, -0.25) is 10.3 Å². The molecule has 1 aliphatic rings. The maximum atomic E-state index is 12.4. The van der Waals surface area contributed by atoms with Gasteiger partial charge in [-0.15, -0.1) is 0 Å². The van der Waals surface area contributed by atoms with Gasteiger partial charge in [0.15, 0.2) is 9.84 Å². The molecule has 7 nitrogen and oxygen atoms in total. The van der Waals surface area contributed by atoms with E-state index in [0.717, 1.165) is 30.3 Å². The highest BCUT2D eigenvalue weighted by Crippen LogP contribution is 2.24. The van der Waals surface area contributed by atoms with Crippen molar-refractivity contribution in [2.75, 3.05) is 23.9 Å². The number of hydrogen-bond acceptors (Lipinski definition) is 7. The second-order valence-electron chi connectivity index (χ2n) is 6.69. The van der Waals surface area contributed by atoms with E-state index in [1.165, 1.54) is 12.1 Å². The molecular formula is C19H22ClN3O4S. The van der Waals surface area contributed by atoms with Crippen molar-refractivity contribution in [3.8, 4) is 0 Å². The SMILES string of the molecule is CC(O)(O)NCCS(=O)(=O)c1ccc(N2CCC(c3ccc(Cl)cc3)=N2)cc1. The summed E-state index contributed by atoms with van der Waals surface area (Å²) in [5, 5.41) is 27.8. The zero-order valence-electron chi connectivity index (χ0n) is 15.3. The first-order chi connectivity index (χ1) is 13.1. The van der Waals surface area contributed by atoms with E-state index >= 15 is 0 Å². The van der Waals surface area contributed by atoms with Gasteiger partial charge in [-0.2, -0.15) is 5.10 Å². The quantitative estimate of drug-likeness (QED) is 0.588. The molecule has 2 aromatic rings. The molecule has 0 aromatic heterocycles. The van der Waals surface area contributed by atoms with Gasteiger partial charge in [0.25, 0.3) is 0 Å². The van der Waals surface area contributed by atoms with Crippen LogP contribution in [-0.4, -0.2) is 49.1 Å². The average Bonchev–Trinajstić information content (AvgIpc) is 3.11. The lowest BCUT2D eigenvalue weighted by molar-refractivity contribution is -0.168. The molecule has 2 aromatic carbocycles. The Bertz CT molecular complexity index is 952. The van der Waals surface area contributed by atoms with Crippen LogP contribution in [0.2, 0.25) is 5.02 Å². The van der Waals surface area contributed by atoms with Crippen molar-refractivity contribution in [2.24, 2.45) is 5.10 Å². The summed E-state index contributed by atoms with van der Waals surface area (Å²) in [6, 6.07) is 14.0. The molecular weight excluding hydrogens is 402 g/mol. The molecule has 1 aliphatic heterocycles. The second kappa shape index (κ2) is 8.18. The Morgan fingerprint density at radius 3 is 2.39 bits per heavy atom. The van der Waals surface area contributed by atoms with E-state index in [1.807, 2.05) is 29.3 Å². The number of sulfone groups is 1. The summed E-state index contributed by atoms with van der Waals surface area (Å²) in [5.74, 6) is -2.35. The van der Waals surface area contributed by atoms with Gasteiger partial charge in [-0.25, -0.2) is 8.42 Å². The third-order valence-electron chi connectivity index (χ3n) is 4.30. The van der Waals surface area contributed by atoms with Crippen molar-refractivity contribution < 1.29 is 18.6 Å². The Morgan fingerprint density at radius 1 is 1.14 bits per heavy atom. The van der Waals surface area contributed by atoms with Crippen molar-refractivity contribution in [3.05, 3.63) is 59.1 Å². The van der Waals surface area contributed by atoms with Gasteiger partial charge >= 0.3 is 0 Å². The smallest absolute Gasteiger partial charge is 0.219 e. The Hall–Kier alpha value is -1.97. The van der Waals surface area contributed by atoms with Crippen LogP contribution in [0.3, 0.4) is 0 Å². The van der Waals surface area contributed by atoms with Crippen LogP contribution >= 0.6 is 11.6 Å². The number of nitrogens with zero attached hydrogens (tertiary/aromatic N) is 2. The summed E-state index contributed by atoms with van der Waals surface area (Å²) < 4.78 is 24.7. The number of nitrogens with one attached hydrogen (secondary N) is 1. The van der Waals surface area contributed by atoms with E-state index in [-0.39, 0.29) is 17.2 Å². The average molecular weight is 424 g/mol. The number of halogens is 1. The molecule has 0 fully saturated rings. The molecule has 3 N–H and O–H groups in total. The maximum absolute atomic E-state index is 12.4. The van der Waals surface area contributed by atoms with E-state index in [0.29, 0.717) is 11.6 Å². The van der Waals surface area contributed by atoms with Crippen LogP contribution in [0.25, 0.3) is 0 Å². The predicted molar refractivity (Wildman–Crippen MR) is 109 cm³/mol. The highest BCUT2D eigenvalue weighted by atomic mass is 35.5. The molecule has 0 atom stereocenters. The predicted octanol–water partition coefficient (Wildman–Crippen LogP) is 1.98.